The van der Waals surface area contributed by atoms with Gasteiger partial charge in [0, 0.05) is 12.3 Å². The SMILES string of the molecule is CCS(=O)(=O)N1C=CC1=O. The summed E-state index contributed by atoms with van der Waals surface area (Å²) in [6, 6.07) is 0. The highest BCUT2D eigenvalue weighted by atomic mass is 32.2. The summed E-state index contributed by atoms with van der Waals surface area (Å²) in [5.74, 6) is -0.495. The van der Waals surface area contributed by atoms with Crippen molar-refractivity contribution in [2.45, 2.75) is 6.92 Å². The Balaban J connectivity index is 2.88. The molecule has 0 bridgehead atoms. The highest BCUT2D eigenvalue weighted by molar-refractivity contribution is 7.89. The van der Waals surface area contributed by atoms with Gasteiger partial charge in [0.05, 0.1) is 5.75 Å². The van der Waals surface area contributed by atoms with Gasteiger partial charge >= 0.3 is 0 Å². The molecule has 0 aromatic rings. The molecule has 1 aliphatic heterocycles. The molecule has 1 aliphatic rings. The van der Waals surface area contributed by atoms with Crippen molar-refractivity contribution in [3.63, 3.8) is 0 Å². The molecular weight excluding hydrogens is 154 g/mol. The van der Waals surface area contributed by atoms with Gasteiger partial charge < -0.3 is 0 Å². The average Bonchev–Trinajstić information content (AvgIpc) is 1.84. The third-order valence-corrected chi connectivity index (χ3v) is 2.86. The first-order valence-corrected chi connectivity index (χ1v) is 4.43. The van der Waals surface area contributed by atoms with Gasteiger partial charge in [-0.1, -0.05) is 0 Å². The third-order valence-electron chi connectivity index (χ3n) is 1.23. The molecule has 1 amide bonds. The minimum absolute atomic E-state index is 0.0386. The molecule has 4 nitrogen and oxygen atoms in total. The molecule has 0 saturated carbocycles. The highest BCUT2D eigenvalue weighted by Crippen LogP contribution is 2.10. The first-order valence-electron chi connectivity index (χ1n) is 2.82. The monoisotopic (exact) mass is 161 g/mol. The van der Waals surface area contributed by atoms with E-state index < -0.39 is 15.9 Å². The number of hydrogen-bond acceptors (Lipinski definition) is 3. The zero-order valence-electron chi connectivity index (χ0n) is 5.44. The zero-order valence-corrected chi connectivity index (χ0v) is 6.26. The summed E-state index contributed by atoms with van der Waals surface area (Å²) in [7, 11) is -3.31. The Bertz CT molecular complexity index is 277. The lowest BCUT2D eigenvalue weighted by molar-refractivity contribution is -0.122. The fourth-order valence-electron chi connectivity index (χ4n) is 0.565. The maximum absolute atomic E-state index is 10.8. The molecule has 0 atom stereocenters. The van der Waals surface area contributed by atoms with Crippen molar-refractivity contribution in [1.29, 1.82) is 0 Å². The van der Waals surface area contributed by atoms with E-state index in [9.17, 15) is 13.2 Å². The van der Waals surface area contributed by atoms with Crippen molar-refractivity contribution in [2.75, 3.05) is 5.75 Å². The van der Waals surface area contributed by atoms with Crippen LogP contribution in [0, 0.1) is 0 Å². The van der Waals surface area contributed by atoms with Crippen LogP contribution >= 0.6 is 0 Å². The van der Waals surface area contributed by atoms with Crippen molar-refractivity contribution in [3.8, 4) is 0 Å². The van der Waals surface area contributed by atoms with Gasteiger partial charge in [0.15, 0.2) is 0 Å². The Morgan fingerprint density at radius 3 is 2.30 bits per heavy atom. The second-order valence-corrected chi connectivity index (χ2v) is 3.98. The zero-order chi connectivity index (χ0) is 7.78. The molecule has 10 heavy (non-hydrogen) atoms. The van der Waals surface area contributed by atoms with Crippen molar-refractivity contribution in [3.05, 3.63) is 12.3 Å². The number of carbonyl (C=O) groups excluding carboxylic acids is 1. The number of nitrogens with zero attached hydrogens (tertiary/aromatic N) is 1. The molecule has 0 unspecified atom stereocenters. The summed E-state index contributed by atoms with van der Waals surface area (Å²) in [5.41, 5.74) is 0. The quantitative estimate of drug-likeness (QED) is 0.558. The maximum atomic E-state index is 10.8. The van der Waals surface area contributed by atoms with E-state index in [1.54, 1.807) is 0 Å². The molecule has 56 valence electrons. The fourth-order valence-corrected chi connectivity index (χ4v) is 1.42. The van der Waals surface area contributed by atoms with Crippen molar-refractivity contribution in [1.82, 2.24) is 4.31 Å². The molecule has 0 radical (unpaired) electrons. The first kappa shape index (κ1) is 7.27. The molecular formula is C5H7NO3S. The lowest BCUT2D eigenvalue weighted by Gasteiger charge is -2.20. The predicted octanol–water partition coefficient (Wildman–Crippen LogP) is -0.308. The fraction of sp³-hybridized carbons (Fsp3) is 0.400. The van der Waals surface area contributed by atoms with Gasteiger partial charge in [-0.25, -0.2) is 12.7 Å². The van der Waals surface area contributed by atoms with Crippen LogP contribution in [0.3, 0.4) is 0 Å². The van der Waals surface area contributed by atoms with E-state index in [1.807, 2.05) is 0 Å². The van der Waals surface area contributed by atoms with E-state index in [0.717, 1.165) is 4.31 Å². The van der Waals surface area contributed by atoms with Crippen LogP contribution in [-0.4, -0.2) is 24.4 Å². The van der Waals surface area contributed by atoms with Crippen molar-refractivity contribution >= 4 is 15.9 Å². The maximum Gasteiger partial charge on any atom is 0.265 e. The van der Waals surface area contributed by atoms with Gasteiger partial charge in [-0.15, -0.1) is 0 Å². The second-order valence-electron chi connectivity index (χ2n) is 1.85. The van der Waals surface area contributed by atoms with Crippen LogP contribution in [0.5, 0.6) is 0 Å². The number of sulfonamides is 1. The van der Waals surface area contributed by atoms with Gasteiger partial charge in [-0.2, -0.15) is 0 Å². The van der Waals surface area contributed by atoms with Crippen LogP contribution in [0.4, 0.5) is 0 Å². The number of hydrogen-bond donors (Lipinski definition) is 0. The molecule has 0 spiro atoms. The molecule has 1 heterocycles. The number of amides is 1. The summed E-state index contributed by atoms with van der Waals surface area (Å²) in [5, 5.41) is 0. The molecule has 0 aromatic heterocycles. The Morgan fingerprint density at radius 1 is 1.60 bits per heavy atom. The molecule has 0 aromatic carbocycles. The number of rotatable bonds is 2. The summed E-state index contributed by atoms with van der Waals surface area (Å²) in [6.07, 6.45) is 2.47. The normalized spacial score (nSPS) is 17.3. The molecule has 0 saturated heterocycles. The van der Waals surface area contributed by atoms with Gasteiger partial charge in [0.2, 0.25) is 10.0 Å². The molecule has 5 heteroatoms. The molecule has 0 fully saturated rings. The van der Waals surface area contributed by atoms with Gasteiger partial charge in [-0.3, -0.25) is 4.79 Å². The van der Waals surface area contributed by atoms with Crippen LogP contribution in [-0.2, 0) is 14.8 Å². The predicted molar refractivity (Wildman–Crippen MR) is 35.4 cm³/mol. The van der Waals surface area contributed by atoms with Crippen molar-refractivity contribution in [2.24, 2.45) is 0 Å². The Kier molecular flexibility index (Phi) is 1.52. The average molecular weight is 161 g/mol. The first-order chi connectivity index (χ1) is 4.58. The van der Waals surface area contributed by atoms with Gasteiger partial charge in [0.1, 0.15) is 0 Å². The van der Waals surface area contributed by atoms with Gasteiger partial charge in [-0.05, 0) is 6.92 Å². The van der Waals surface area contributed by atoms with Gasteiger partial charge in [0.25, 0.3) is 5.91 Å². The second kappa shape index (κ2) is 2.09. The van der Waals surface area contributed by atoms with Crippen LogP contribution in [0.25, 0.3) is 0 Å². The summed E-state index contributed by atoms with van der Waals surface area (Å²) >= 11 is 0. The lowest BCUT2D eigenvalue weighted by atomic mass is 10.4. The molecule has 0 N–H and O–H groups in total. The summed E-state index contributed by atoms with van der Waals surface area (Å²) in [6.45, 7) is 1.49. The minimum atomic E-state index is -3.31. The molecule has 1 rings (SSSR count). The van der Waals surface area contributed by atoms with E-state index in [-0.39, 0.29) is 5.75 Å². The van der Waals surface area contributed by atoms with Crippen molar-refractivity contribution < 1.29 is 13.2 Å². The summed E-state index contributed by atoms with van der Waals surface area (Å²) < 4.78 is 22.4. The Labute approximate surface area is 59.2 Å². The van der Waals surface area contributed by atoms with E-state index in [1.165, 1.54) is 19.2 Å². The standard InChI is InChI=1S/C5H7NO3S/c1-2-10(8,9)6-4-3-5(6)7/h3-4H,2H2,1H3. The Hall–Kier alpha value is -0.840. The highest BCUT2D eigenvalue weighted by Gasteiger charge is 2.27. The van der Waals surface area contributed by atoms with Crippen LogP contribution in [0.1, 0.15) is 6.92 Å². The lowest BCUT2D eigenvalue weighted by Crippen LogP contribution is -2.37. The number of carbonyl (C=O) groups is 1. The minimum Gasteiger partial charge on any atom is -0.268 e. The topological polar surface area (TPSA) is 54.5 Å². The van der Waals surface area contributed by atoms with Crippen LogP contribution in [0.2, 0.25) is 0 Å². The van der Waals surface area contributed by atoms with Crippen LogP contribution in [0.15, 0.2) is 12.3 Å². The van der Waals surface area contributed by atoms with E-state index in [4.69, 9.17) is 0 Å². The third kappa shape index (κ3) is 0.923. The summed E-state index contributed by atoms with van der Waals surface area (Å²) in [4.78, 5) is 10.5. The smallest absolute Gasteiger partial charge is 0.265 e. The van der Waals surface area contributed by atoms with E-state index >= 15 is 0 Å². The van der Waals surface area contributed by atoms with Crippen LogP contribution < -0.4 is 0 Å². The van der Waals surface area contributed by atoms with E-state index in [2.05, 4.69) is 0 Å². The molecule has 0 aliphatic carbocycles. The van der Waals surface area contributed by atoms with E-state index in [0.29, 0.717) is 0 Å². The largest absolute Gasteiger partial charge is 0.268 e. The Morgan fingerprint density at radius 2 is 2.20 bits per heavy atom.